The van der Waals surface area contributed by atoms with Crippen LogP contribution in [0.4, 0.5) is 11.5 Å². The van der Waals surface area contributed by atoms with Crippen LogP contribution in [0.15, 0.2) is 28.0 Å². The van der Waals surface area contributed by atoms with Crippen LogP contribution in [-0.4, -0.2) is 18.0 Å². The highest BCUT2D eigenvalue weighted by molar-refractivity contribution is 9.10. The molecular formula is C12H15BrN4O2S. The summed E-state index contributed by atoms with van der Waals surface area (Å²) < 4.78 is 29.7. The first-order chi connectivity index (χ1) is 9.22. The number of nitrogens with two attached hydrogens (primary N) is 1. The molecule has 1 aromatic heterocycles. The molecular weight excluding hydrogens is 344 g/mol. The third-order valence-corrected chi connectivity index (χ3v) is 4.83. The van der Waals surface area contributed by atoms with E-state index in [0.29, 0.717) is 5.69 Å². The molecule has 0 aliphatic carbocycles. The molecule has 0 aliphatic rings. The summed E-state index contributed by atoms with van der Waals surface area (Å²) in [5.41, 5.74) is 7.81. The van der Waals surface area contributed by atoms with E-state index < -0.39 is 10.0 Å². The molecule has 0 radical (unpaired) electrons. The van der Waals surface area contributed by atoms with Crippen molar-refractivity contribution in [1.29, 1.82) is 0 Å². The highest BCUT2D eigenvalue weighted by Crippen LogP contribution is 2.28. The third-order valence-electron chi connectivity index (χ3n) is 2.90. The molecule has 3 N–H and O–H groups in total. The monoisotopic (exact) mass is 358 g/mol. The fourth-order valence-electron chi connectivity index (χ4n) is 2.02. The molecule has 2 rings (SSSR count). The number of hydrogen-bond donors (Lipinski definition) is 2. The quantitative estimate of drug-likeness (QED) is 0.879. The number of nitrogens with one attached hydrogen (secondary N) is 1. The van der Waals surface area contributed by atoms with Gasteiger partial charge in [0.15, 0.2) is 10.8 Å². The van der Waals surface area contributed by atoms with Gasteiger partial charge in [-0.15, -0.1) is 0 Å². The summed E-state index contributed by atoms with van der Waals surface area (Å²) >= 11 is 3.38. The van der Waals surface area contributed by atoms with Gasteiger partial charge in [-0.25, -0.2) is 4.98 Å². The van der Waals surface area contributed by atoms with Crippen LogP contribution in [0.25, 0.3) is 0 Å². The van der Waals surface area contributed by atoms with Crippen molar-refractivity contribution < 1.29 is 8.42 Å². The second kappa shape index (κ2) is 5.10. The molecule has 0 unspecified atom stereocenters. The lowest BCUT2D eigenvalue weighted by atomic mass is 10.1. The molecule has 108 valence electrons. The van der Waals surface area contributed by atoms with Gasteiger partial charge < -0.3 is 10.3 Å². The zero-order valence-electron chi connectivity index (χ0n) is 11.3. The molecule has 20 heavy (non-hydrogen) atoms. The van der Waals surface area contributed by atoms with Crippen molar-refractivity contribution in [3.05, 3.63) is 34.1 Å². The van der Waals surface area contributed by atoms with Crippen LogP contribution in [0.5, 0.6) is 0 Å². The SMILES string of the molecule is Cc1cc(Br)cc(C)c1NS(=O)(=O)c1c(N)ncn1C. The van der Waals surface area contributed by atoms with Gasteiger partial charge in [0, 0.05) is 11.5 Å². The second-order valence-corrected chi connectivity index (χ2v) is 7.08. The van der Waals surface area contributed by atoms with Gasteiger partial charge in [0.05, 0.1) is 12.0 Å². The van der Waals surface area contributed by atoms with Crippen molar-refractivity contribution in [2.24, 2.45) is 7.05 Å². The van der Waals surface area contributed by atoms with Gasteiger partial charge in [0.1, 0.15) is 0 Å². The minimum Gasteiger partial charge on any atom is -0.381 e. The van der Waals surface area contributed by atoms with E-state index in [1.807, 2.05) is 26.0 Å². The predicted molar refractivity (Wildman–Crippen MR) is 82.0 cm³/mol. The standard InChI is InChI=1S/C12H15BrN4O2S/c1-7-4-9(13)5-8(2)10(7)16-20(18,19)12-11(14)15-6-17(12)3/h4-6,16H,14H2,1-3H3. The molecule has 1 aromatic carbocycles. The Morgan fingerprint density at radius 2 is 1.85 bits per heavy atom. The molecule has 0 aliphatic heterocycles. The van der Waals surface area contributed by atoms with E-state index in [1.54, 1.807) is 7.05 Å². The Bertz CT molecular complexity index is 725. The van der Waals surface area contributed by atoms with Crippen molar-refractivity contribution in [1.82, 2.24) is 9.55 Å². The maximum absolute atomic E-state index is 12.4. The fourth-order valence-corrected chi connectivity index (χ4v) is 4.15. The Balaban J connectivity index is 2.50. The van der Waals surface area contributed by atoms with Crippen molar-refractivity contribution in [2.75, 3.05) is 10.5 Å². The molecule has 0 fully saturated rings. The molecule has 0 saturated carbocycles. The molecule has 0 atom stereocenters. The van der Waals surface area contributed by atoms with Crippen LogP contribution in [0.1, 0.15) is 11.1 Å². The summed E-state index contributed by atoms with van der Waals surface area (Å²) in [4.78, 5) is 3.80. The van der Waals surface area contributed by atoms with Crippen LogP contribution in [0.3, 0.4) is 0 Å². The normalized spacial score (nSPS) is 11.6. The smallest absolute Gasteiger partial charge is 0.281 e. The summed E-state index contributed by atoms with van der Waals surface area (Å²) in [6.07, 6.45) is 1.37. The number of halogens is 1. The molecule has 1 heterocycles. The van der Waals surface area contributed by atoms with Crippen molar-refractivity contribution in [3.63, 3.8) is 0 Å². The van der Waals surface area contributed by atoms with E-state index in [4.69, 9.17) is 5.73 Å². The summed E-state index contributed by atoms with van der Waals surface area (Å²) in [6, 6.07) is 3.69. The summed E-state index contributed by atoms with van der Waals surface area (Å²) in [5.74, 6) is -0.0209. The first kappa shape index (κ1) is 14.9. The predicted octanol–water partition coefficient (Wildman–Crippen LogP) is 2.18. The van der Waals surface area contributed by atoms with E-state index >= 15 is 0 Å². The zero-order valence-corrected chi connectivity index (χ0v) is 13.7. The number of sulfonamides is 1. The number of imidazole rings is 1. The number of aromatic nitrogens is 2. The van der Waals surface area contributed by atoms with Crippen LogP contribution in [0.2, 0.25) is 0 Å². The maximum Gasteiger partial charge on any atom is 0.281 e. The molecule has 0 spiro atoms. The van der Waals surface area contributed by atoms with Crippen molar-refractivity contribution >= 4 is 37.5 Å². The number of benzene rings is 1. The van der Waals surface area contributed by atoms with Crippen LogP contribution in [-0.2, 0) is 17.1 Å². The molecule has 0 amide bonds. The van der Waals surface area contributed by atoms with Crippen LogP contribution < -0.4 is 10.5 Å². The number of aryl methyl sites for hydroxylation is 3. The number of rotatable bonds is 3. The lowest BCUT2D eigenvalue weighted by molar-refractivity contribution is 0.592. The topological polar surface area (TPSA) is 90.0 Å². The van der Waals surface area contributed by atoms with Crippen molar-refractivity contribution in [2.45, 2.75) is 18.9 Å². The number of nitrogens with zero attached hydrogens (tertiary/aromatic N) is 2. The van der Waals surface area contributed by atoms with Gasteiger partial charge in [-0.05, 0) is 37.1 Å². The van der Waals surface area contributed by atoms with E-state index in [9.17, 15) is 8.42 Å². The molecule has 0 bridgehead atoms. The largest absolute Gasteiger partial charge is 0.381 e. The average molecular weight is 359 g/mol. The van der Waals surface area contributed by atoms with Crippen molar-refractivity contribution in [3.8, 4) is 0 Å². The van der Waals surface area contributed by atoms with Gasteiger partial charge in [-0.1, -0.05) is 15.9 Å². The summed E-state index contributed by atoms with van der Waals surface area (Å²) in [6.45, 7) is 3.67. The minimum atomic E-state index is -3.78. The van der Waals surface area contributed by atoms with Gasteiger partial charge in [0.25, 0.3) is 10.0 Å². The highest BCUT2D eigenvalue weighted by atomic mass is 79.9. The van der Waals surface area contributed by atoms with E-state index in [-0.39, 0.29) is 10.8 Å². The Labute approximate surface area is 126 Å². The number of nitrogen functional groups attached to an aromatic ring is 1. The van der Waals surface area contributed by atoms with Gasteiger partial charge >= 0.3 is 0 Å². The second-order valence-electron chi connectivity index (χ2n) is 4.57. The molecule has 0 saturated heterocycles. The maximum atomic E-state index is 12.4. The Hall–Kier alpha value is -1.54. The average Bonchev–Trinajstić information content (AvgIpc) is 2.64. The van der Waals surface area contributed by atoms with Gasteiger partial charge in [-0.2, -0.15) is 8.42 Å². The van der Waals surface area contributed by atoms with E-state index in [1.165, 1.54) is 10.9 Å². The first-order valence-corrected chi connectivity index (χ1v) is 8.06. The summed E-state index contributed by atoms with van der Waals surface area (Å²) in [5, 5.41) is -0.0424. The first-order valence-electron chi connectivity index (χ1n) is 5.78. The zero-order chi connectivity index (χ0) is 15.1. The number of anilines is 2. The Morgan fingerprint density at radius 1 is 1.30 bits per heavy atom. The number of hydrogen-bond acceptors (Lipinski definition) is 4. The molecule has 2 aromatic rings. The molecule has 6 nitrogen and oxygen atoms in total. The lowest BCUT2D eigenvalue weighted by Gasteiger charge is -2.14. The lowest BCUT2D eigenvalue weighted by Crippen LogP contribution is -2.18. The Morgan fingerprint density at radius 3 is 2.30 bits per heavy atom. The van der Waals surface area contributed by atoms with Crippen LogP contribution in [0, 0.1) is 13.8 Å². The van der Waals surface area contributed by atoms with Crippen LogP contribution >= 0.6 is 15.9 Å². The van der Waals surface area contributed by atoms with Gasteiger partial charge in [-0.3, -0.25) is 4.72 Å². The van der Waals surface area contributed by atoms with E-state index in [0.717, 1.165) is 15.6 Å². The third kappa shape index (κ3) is 2.66. The summed E-state index contributed by atoms with van der Waals surface area (Å²) in [7, 11) is -2.20. The highest BCUT2D eigenvalue weighted by Gasteiger charge is 2.23. The van der Waals surface area contributed by atoms with Gasteiger partial charge in [0.2, 0.25) is 0 Å². The fraction of sp³-hybridized carbons (Fsp3) is 0.250. The van der Waals surface area contributed by atoms with E-state index in [2.05, 4.69) is 25.6 Å². The minimum absolute atomic E-state index is 0.0209. The molecule has 8 heteroatoms. The Kier molecular flexibility index (Phi) is 3.79.